The fraction of sp³-hybridized carbons (Fsp3) is 0.439. The molecule has 0 amide bonds. The Kier molecular flexibility index (Phi) is 27.1. The van der Waals surface area contributed by atoms with Crippen LogP contribution >= 0.6 is 34.8 Å². The molecule has 520 valence electrons. The van der Waals surface area contributed by atoms with Gasteiger partial charge in [-0.25, -0.2) is 29.9 Å². The molecule has 98 heavy (non-hydrogen) atoms. The van der Waals surface area contributed by atoms with Crippen molar-refractivity contribution in [2.45, 2.75) is 31.6 Å². The van der Waals surface area contributed by atoms with E-state index in [1.54, 1.807) is 0 Å². The van der Waals surface area contributed by atoms with Gasteiger partial charge in [-0.15, -0.1) is 10.2 Å². The van der Waals surface area contributed by atoms with E-state index in [1.807, 2.05) is 43.3 Å². The smallest absolute Gasteiger partial charge is 0.373 e. The number of hydrogen-bond acceptors (Lipinski definition) is 20. The molecular weight excluding hydrogens is 1390 g/mol. The van der Waals surface area contributed by atoms with Gasteiger partial charge in [0, 0.05) is 112 Å². The standard InChI is InChI=1S/2C14H14F3N7.C13H15ClN4.C9H3Cl2F3N2.C5H12N2.C2H3F3.N3.Na/c1-22-4-6-23(7-5-22)12-13-19-20-21-24(13)11-3-2-9(14(15,16)17)8-10(11)18-12;1-22-4-6-23(7-5-22)12-13-19-20-21-24(13)11-8-9(14(15,16)17)2-3-10(11)18-12;1-17-6-8-18(9-7-17)13-12(14)15-10-4-2-3-5-11(10)16-13;10-7-8(11)16-6-3-4(9(12,13)14)1-2-5(6)15-7;1-7-4-2-6-3-5-7;1-2(3,4)5;1-3-2;/h2*2-3,8H,4-7H2,1H3;2-5H,6-9H2,1H3;1-3H;6H,2-5H2,1H3;1H3;;/q;;;;;;-1;+1. The van der Waals surface area contributed by atoms with E-state index in [0.717, 1.165) is 145 Å². The molecule has 0 bridgehead atoms. The summed E-state index contributed by atoms with van der Waals surface area (Å²) in [6.45, 7) is 15.3. The molecule has 4 aromatic carbocycles. The minimum Gasteiger partial charge on any atom is -0.373 e. The fourth-order valence-electron chi connectivity index (χ4n) is 9.85. The van der Waals surface area contributed by atoms with E-state index in [1.165, 1.54) is 45.2 Å². The van der Waals surface area contributed by atoms with Gasteiger partial charge >= 0.3 is 54.3 Å². The zero-order valence-electron chi connectivity index (χ0n) is 53.2. The predicted octanol–water partition coefficient (Wildman–Crippen LogP) is 7.84. The maximum atomic E-state index is 13.0. The van der Waals surface area contributed by atoms with Gasteiger partial charge in [0.1, 0.15) is 0 Å². The summed E-state index contributed by atoms with van der Waals surface area (Å²) in [6, 6.07) is 17.6. The summed E-state index contributed by atoms with van der Waals surface area (Å²) in [7, 11) is 8.35. The van der Waals surface area contributed by atoms with Crippen LogP contribution in [0.3, 0.4) is 0 Å². The van der Waals surface area contributed by atoms with E-state index in [9.17, 15) is 52.7 Å². The normalized spacial score (nSPS) is 16.0. The number of alkyl halides is 12. The molecule has 1 N–H and O–H groups in total. The Balaban J connectivity index is 0.000000173. The van der Waals surface area contributed by atoms with Gasteiger partial charge in [0.05, 0.1) is 60.8 Å². The first-order valence-electron chi connectivity index (χ1n) is 29.3. The average Bonchev–Trinajstić information content (AvgIpc) is 1.44. The van der Waals surface area contributed by atoms with Gasteiger partial charge < -0.3 is 50.7 Å². The number of tetrazole rings is 2. The number of anilines is 3. The van der Waals surface area contributed by atoms with Crippen LogP contribution in [-0.2, 0) is 18.5 Å². The summed E-state index contributed by atoms with van der Waals surface area (Å²) in [5, 5.41) is 26.6. The van der Waals surface area contributed by atoms with Crippen molar-refractivity contribution in [1.29, 1.82) is 0 Å². The molecule has 10 aromatic rings. The number of nitrogens with one attached hydrogen (secondary N) is 1. The first kappa shape index (κ1) is 77.9. The van der Waals surface area contributed by atoms with E-state index in [2.05, 4.69) is 110 Å². The van der Waals surface area contributed by atoms with Crippen LogP contribution < -0.4 is 49.6 Å². The monoisotopic (exact) mass is 1450 g/mol. The van der Waals surface area contributed by atoms with Crippen LogP contribution in [0.4, 0.5) is 70.1 Å². The van der Waals surface area contributed by atoms with Crippen LogP contribution in [0, 0.1) is 0 Å². The number of hydrogen-bond donors (Lipinski definition) is 1. The minimum atomic E-state index is -4.43. The first-order chi connectivity index (χ1) is 45.8. The van der Waals surface area contributed by atoms with E-state index in [0.29, 0.717) is 39.1 Å². The summed E-state index contributed by atoms with van der Waals surface area (Å²) in [6.07, 6.45) is -17.3. The summed E-state index contributed by atoms with van der Waals surface area (Å²) in [5.41, 5.74) is 15.4. The molecule has 10 heterocycles. The third-order valence-corrected chi connectivity index (χ3v) is 15.9. The Morgan fingerprint density at radius 1 is 0.408 bits per heavy atom. The summed E-state index contributed by atoms with van der Waals surface area (Å²) >= 11 is 17.4. The molecule has 4 saturated heterocycles. The molecule has 0 atom stereocenters. The van der Waals surface area contributed by atoms with Crippen LogP contribution in [0.5, 0.6) is 0 Å². The zero-order valence-corrected chi connectivity index (χ0v) is 57.5. The number of para-hydroxylation sites is 2. The number of halogens is 15. The van der Waals surface area contributed by atoms with Crippen molar-refractivity contribution in [2.24, 2.45) is 0 Å². The summed E-state index contributed by atoms with van der Waals surface area (Å²) in [5.74, 6) is 1.92. The van der Waals surface area contributed by atoms with Gasteiger partial charge in [-0.1, -0.05) is 46.9 Å². The Morgan fingerprint density at radius 3 is 1.18 bits per heavy atom. The fourth-order valence-corrected chi connectivity index (χ4v) is 10.4. The molecule has 14 rings (SSSR count). The van der Waals surface area contributed by atoms with Crippen LogP contribution in [-0.4, -0.2) is 229 Å². The number of aromatic nitrogens is 14. The van der Waals surface area contributed by atoms with Crippen molar-refractivity contribution >= 4 is 108 Å². The molecule has 0 radical (unpaired) electrons. The second-order valence-corrected chi connectivity index (χ2v) is 23.3. The van der Waals surface area contributed by atoms with E-state index in [4.69, 9.17) is 45.9 Å². The molecular formula is C57H61Cl3F12N25Na. The Hall–Kier alpha value is -7.42. The molecule has 0 unspecified atom stereocenters. The average molecular weight is 1450 g/mol. The molecule has 0 spiro atoms. The van der Waals surface area contributed by atoms with E-state index < -0.39 is 41.4 Å². The second-order valence-electron chi connectivity index (χ2n) is 22.2. The van der Waals surface area contributed by atoms with Gasteiger partial charge in [0.2, 0.25) is 11.3 Å². The van der Waals surface area contributed by atoms with Gasteiger partial charge in [0.25, 0.3) is 0 Å². The third-order valence-electron chi connectivity index (χ3n) is 15.0. The molecule has 41 heteroatoms. The van der Waals surface area contributed by atoms with Crippen LogP contribution in [0.25, 0.3) is 71.4 Å². The predicted molar refractivity (Wildman–Crippen MR) is 343 cm³/mol. The molecule has 4 fully saturated rings. The number of fused-ring (bicyclic) bond motifs is 8. The van der Waals surface area contributed by atoms with Crippen molar-refractivity contribution in [1.82, 2.24) is 94.9 Å². The molecule has 6 aromatic heterocycles. The molecule has 25 nitrogen and oxygen atoms in total. The Labute approximate surface area is 587 Å². The van der Waals surface area contributed by atoms with Crippen molar-refractivity contribution < 1.29 is 82.2 Å². The topological polar surface area (TPSA) is 257 Å². The molecule has 0 saturated carbocycles. The van der Waals surface area contributed by atoms with Crippen molar-refractivity contribution in [3.63, 3.8) is 0 Å². The number of nitrogens with zero attached hydrogens (tertiary/aromatic N) is 24. The van der Waals surface area contributed by atoms with E-state index in [-0.39, 0.29) is 68.9 Å². The second kappa shape index (κ2) is 34.1. The Bertz CT molecular complexity index is 4290. The van der Waals surface area contributed by atoms with Crippen LogP contribution in [0.1, 0.15) is 23.6 Å². The van der Waals surface area contributed by atoms with Gasteiger partial charge in [-0.2, -0.15) is 61.7 Å². The van der Waals surface area contributed by atoms with Crippen molar-refractivity contribution in [3.05, 3.63) is 127 Å². The van der Waals surface area contributed by atoms with Gasteiger partial charge in [-0.05, 0) is 116 Å². The molecule has 0 aliphatic carbocycles. The number of benzene rings is 4. The quantitative estimate of drug-likeness (QED) is 0.0581. The largest absolute Gasteiger partial charge is 1.00 e. The van der Waals surface area contributed by atoms with Crippen molar-refractivity contribution in [2.75, 3.05) is 148 Å². The van der Waals surface area contributed by atoms with E-state index >= 15 is 0 Å². The summed E-state index contributed by atoms with van der Waals surface area (Å²) < 4.78 is 149. The van der Waals surface area contributed by atoms with Crippen LogP contribution in [0.15, 0.2) is 78.9 Å². The maximum absolute atomic E-state index is 13.0. The van der Waals surface area contributed by atoms with Gasteiger partial charge in [-0.3, -0.25) is 4.91 Å². The maximum Gasteiger partial charge on any atom is 1.00 e. The van der Waals surface area contributed by atoms with Gasteiger partial charge in [0.15, 0.2) is 32.9 Å². The van der Waals surface area contributed by atoms with Crippen LogP contribution in [0.2, 0.25) is 15.5 Å². The minimum absolute atomic E-state index is 0. The number of piperazine rings is 4. The Morgan fingerprint density at radius 2 is 0.745 bits per heavy atom. The molecule has 4 aliphatic heterocycles. The van der Waals surface area contributed by atoms with Crippen molar-refractivity contribution in [3.8, 4) is 0 Å². The number of likely N-dealkylation sites (N-methyl/N-ethyl adjacent to an activating group) is 4. The summed E-state index contributed by atoms with van der Waals surface area (Å²) in [4.78, 5) is 42.3. The SMILES string of the molecule is CC(F)(F)F.CN1CCN(c2nc3cc(C(F)(F)F)ccc3n3nnnc23)CC1.CN1CCN(c2nc3ccc(C(F)(F)F)cc3n3nnnc23)CC1.CN1CCN(c2nc3ccccc3nc2Cl)CC1.CN1CCNCC1.FC(F)(F)c1ccc2nc(Cl)c(Cl)nc2c1.[N-]=[N+]=[N-].[Na+]. The third kappa shape index (κ3) is 21.3. The zero-order chi connectivity index (χ0) is 70.6. The number of rotatable bonds is 3. The molecule has 4 aliphatic rings. The first-order valence-corrected chi connectivity index (χ1v) is 30.5.